The zero-order valence-corrected chi connectivity index (χ0v) is 17.4. The largest absolute Gasteiger partial charge is 0.350 e. The van der Waals surface area contributed by atoms with Crippen LogP contribution in [0.25, 0.3) is 0 Å². The van der Waals surface area contributed by atoms with Gasteiger partial charge in [0.2, 0.25) is 5.91 Å². The molecule has 0 saturated heterocycles. The Labute approximate surface area is 184 Å². The summed E-state index contributed by atoms with van der Waals surface area (Å²) in [5, 5.41) is 7.83. The van der Waals surface area contributed by atoms with E-state index in [1.165, 1.54) is 12.1 Å². The molecule has 164 valence electrons. The number of benzene rings is 2. The molecule has 0 aliphatic carbocycles. The van der Waals surface area contributed by atoms with Crippen LogP contribution in [0, 0.1) is 12.7 Å². The maximum Gasteiger partial charge on any atom is 0.270 e. The summed E-state index contributed by atoms with van der Waals surface area (Å²) in [6.45, 7) is 1.92. The molecule has 0 radical (unpaired) electrons. The van der Waals surface area contributed by atoms with Gasteiger partial charge in [0.1, 0.15) is 23.5 Å². The lowest BCUT2D eigenvalue weighted by atomic mass is 10.1. The van der Waals surface area contributed by atoms with Gasteiger partial charge < -0.3 is 16.0 Å². The monoisotopic (exact) mass is 435 g/mol. The number of hydrogen-bond acceptors (Lipinski definition) is 5. The van der Waals surface area contributed by atoms with Crippen LogP contribution in [0.3, 0.4) is 0 Å². The van der Waals surface area contributed by atoms with Crippen molar-refractivity contribution in [1.29, 1.82) is 0 Å². The number of aryl methyl sites for hydroxylation is 1. The van der Waals surface area contributed by atoms with Crippen LogP contribution >= 0.6 is 0 Å². The summed E-state index contributed by atoms with van der Waals surface area (Å²) in [4.78, 5) is 44.3. The van der Waals surface area contributed by atoms with Gasteiger partial charge in [0.25, 0.3) is 11.8 Å². The standard InChI is InChI=1S/C23H22FN5O3/c1-15-9-17(7-8-18(15)24)12-26-22(31)19-10-20(29-14-28-19)23(32)27-13-21(30)25-11-16-5-3-2-4-6-16/h2-10,14H,11-13H2,1H3,(H,25,30)(H,26,31)(H,27,32). The number of rotatable bonds is 8. The van der Waals surface area contributed by atoms with Crippen molar-refractivity contribution < 1.29 is 18.8 Å². The van der Waals surface area contributed by atoms with Crippen molar-refractivity contribution in [1.82, 2.24) is 25.9 Å². The Kier molecular flexibility index (Phi) is 7.58. The second kappa shape index (κ2) is 10.8. The van der Waals surface area contributed by atoms with E-state index in [1.54, 1.807) is 19.1 Å². The summed E-state index contributed by atoms with van der Waals surface area (Å²) in [6.07, 6.45) is 1.10. The summed E-state index contributed by atoms with van der Waals surface area (Å²) in [5.74, 6) is -1.79. The second-order valence-electron chi connectivity index (χ2n) is 7.00. The van der Waals surface area contributed by atoms with Crippen LogP contribution in [0.2, 0.25) is 0 Å². The Hall–Kier alpha value is -4.14. The minimum Gasteiger partial charge on any atom is -0.350 e. The zero-order chi connectivity index (χ0) is 22.9. The van der Waals surface area contributed by atoms with E-state index < -0.39 is 11.8 Å². The zero-order valence-electron chi connectivity index (χ0n) is 17.4. The van der Waals surface area contributed by atoms with E-state index in [0.29, 0.717) is 12.1 Å². The molecule has 0 atom stereocenters. The van der Waals surface area contributed by atoms with Gasteiger partial charge in [0.15, 0.2) is 0 Å². The molecule has 1 aromatic heterocycles. The molecule has 32 heavy (non-hydrogen) atoms. The number of halogens is 1. The van der Waals surface area contributed by atoms with Crippen LogP contribution in [0.15, 0.2) is 60.9 Å². The molecule has 0 bridgehead atoms. The molecule has 0 aliphatic heterocycles. The number of nitrogens with zero attached hydrogens (tertiary/aromatic N) is 2. The molecule has 0 unspecified atom stereocenters. The molecular weight excluding hydrogens is 413 g/mol. The van der Waals surface area contributed by atoms with E-state index in [9.17, 15) is 18.8 Å². The highest BCUT2D eigenvalue weighted by Crippen LogP contribution is 2.09. The molecule has 1 heterocycles. The van der Waals surface area contributed by atoms with E-state index in [-0.39, 0.29) is 36.2 Å². The summed E-state index contributed by atoms with van der Waals surface area (Å²) >= 11 is 0. The van der Waals surface area contributed by atoms with Gasteiger partial charge in [-0.2, -0.15) is 0 Å². The smallest absolute Gasteiger partial charge is 0.270 e. The summed E-state index contributed by atoms with van der Waals surface area (Å²) in [7, 11) is 0. The summed E-state index contributed by atoms with van der Waals surface area (Å²) in [6, 6.07) is 15.2. The number of hydrogen-bond donors (Lipinski definition) is 3. The first-order valence-corrected chi connectivity index (χ1v) is 9.86. The van der Waals surface area contributed by atoms with Crippen molar-refractivity contribution in [3.8, 4) is 0 Å². The number of carbonyl (C=O) groups excluding carboxylic acids is 3. The van der Waals surface area contributed by atoms with Crippen molar-refractivity contribution >= 4 is 17.7 Å². The fraction of sp³-hybridized carbons (Fsp3) is 0.174. The molecule has 0 saturated carbocycles. The molecule has 8 nitrogen and oxygen atoms in total. The molecule has 3 aromatic rings. The van der Waals surface area contributed by atoms with Crippen molar-refractivity contribution in [3.05, 3.63) is 94.8 Å². The Bertz CT molecular complexity index is 1120. The van der Waals surface area contributed by atoms with Gasteiger partial charge in [-0.15, -0.1) is 0 Å². The molecular formula is C23H22FN5O3. The Morgan fingerprint density at radius 1 is 0.812 bits per heavy atom. The van der Waals surface area contributed by atoms with Gasteiger partial charge in [-0.1, -0.05) is 42.5 Å². The molecule has 0 aliphatic rings. The van der Waals surface area contributed by atoms with Crippen LogP contribution in [0.5, 0.6) is 0 Å². The summed E-state index contributed by atoms with van der Waals surface area (Å²) < 4.78 is 13.3. The predicted octanol–water partition coefficient (Wildman–Crippen LogP) is 1.90. The highest BCUT2D eigenvalue weighted by molar-refractivity contribution is 5.98. The average molecular weight is 435 g/mol. The fourth-order valence-electron chi connectivity index (χ4n) is 2.81. The molecule has 0 fully saturated rings. The Morgan fingerprint density at radius 2 is 1.47 bits per heavy atom. The van der Waals surface area contributed by atoms with Crippen molar-refractivity contribution in [2.75, 3.05) is 6.54 Å². The van der Waals surface area contributed by atoms with Gasteiger partial charge >= 0.3 is 0 Å². The third-order valence-electron chi connectivity index (χ3n) is 4.55. The van der Waals surface area contributed by atoms with Gasteiger partial charge in [0, 0.05) is 19.2 Å². The number of amides is 3. The molecule has 3 amide bonds. The Morgan fingerprint density at radius 3 is 2.16 bits per heavy atom. The topological polar surface area (TPSA) is 113 Å². The van der Waals surface area contributed by atoms with Gasteiger partial charge in [-0.3, -0.25) is 14.4 Å². The van der Waals surface area contributed by atoms with Crippen LogP contribution in [-0.2, 0) is 17.9 Å². The summed E-state index contributed by atoms with van der Waals surface area (Å²) in [5.41, 5.74) is 2.10. The number of aromatic nitrogens is 2. The normalized spacial score (nSPS) is 10.3. The maximum atomic E-state index is 13.3. The highest BCUT2D eigenvalue weighted by atomic mass is 19.1. The van der Waals surface area contributed by atoms with E-state index in [4.69, 9.17) is 0 Å². The van der Waals surface area contributed by atoms with Crippen LogP contribution in [-0.4, -0.2) is 34.2 Å². The van der Waals surface area contributed by atoms with Crippen molar-refractivity contribution in [2.24, 2.45) is 0 Å². The molecule has 9 heteroatoms. The molecule has 2 aromatic carbocycles. The van der Waals surface area contributed by atoms with E-state index in [1.807, 2.05) is 30.3 Å². The SMILES string of the molecule is Cc1cc(CNC(=O)c2cc(C(=O)NCC(=O)NCc3ccccc3)ncn2)ccc1F. The maximum absolute atomic E-state index is 13.3. The van der Waals surface area contributed by atoms with E-state index >= 15 is 0 Å². The van der Waals surface area contributed by atoms with Crippen LogP contribution in [0.4, 0.5) is 4.39 Å². The lowest BCUT2D eigenvalue weighted by Crippen LogP contribution is -2.37. The molecule has 3 rings (SSSR count). The minimum atomic E-state index is -0.606. The van der Waals surface area contributed by atoms with Gasteiger partial charge in [-0.05, 0) is 29.7 Å². The lowest BCUT2D eigenvalue weighted by Gasteiger charge is -2.08. The van der Waals surface area contributed by atoms with E-state index in [0.717, 1.165) is 17.5 Å². The quantitative estimate of drug-likeness (QED) is 0.500. The first kappa shape index (κ1) is 22.5. The van der Waals surface area contributed by atoms with E-state index in [2.05, 4.69) is 25.9 Å². The first-order valence-electron chi connectivity index (χ1n) is 9.86. The lowest BCUT2D eigenvalue weighted by molar-refractivity contribution is -0.120. The third kappa shape index (κ3) is 6.43. The van der Waals surface area contributed by atoms with Crippen LogP contribution < -0.4 is 16.0 Å². The van der Waals surface area contributed by atoms with Crippen molar-refractivity contribution in [2.45, 2.75) is 20.0 Å². The second-order valence-corrected chi connectivity index (χ2v) is 7.00. The minimum absolute atomic E-state index is 0.00230. The van der Waals surface area contributed by atoms with Crippen molar-refractivity contribution in [3.63, 3.8) is 0 Å². The third-order valence-corrected chi connectivity index (χ3v) is 4.55. The molecule has 3 N–H and O–H groups in total. The Balaban J connectivity index is 1.50. The van der Waals surface area contributed by atoms with Gasteiger partial charge in [-0.25, -0.2) is 14.4 Å². The fourth-order valence-corrected chi connectivity index (χ4v) is 2.81. The van der Waals surface area contributed by atoms with Gasteiger partial charge in [0.05, 0.1) is 6.54 Å². The average Bonchev–Trinajstić information content (AvgIpc) is 2.82. The predicted molar refractivity (Wildman–Crippen MR) is 115 cm³/mol. The number of nitrogens with one attached hydrogen (secondary N) is 3. The number of carbonyl (C=O) groups is 3. The molecule has 0 spiro atoms. The highest BCUT2D eigenvalue weighted by Gasteiger charge is 2.14. The first-order chi connectivity index (χ1) is 15.4. The van der Waals surface area contributed by atoms with Crippen LogP contribution in [0.1, 0.15) is 37.7 Å².